The third-order valence-corrected chi connectivity index (χ3v) is 5.85. The summed E-state index contributed by atoms with van der Waals surface area (Å²) in [5.41, 5.74) is 1.27. The summed E-state index contributed by atoms with van der Waals surface area (Å²) in [4.78, 5) is 29.8. The molecule has 1 amide bonds. The number of methoxy groups -OCH3 is 1. The van der Waals surface area contributed by atoms with Crippen molar-refractivity contribution < 1.29 is 24.2 Å². The first-order valence-electron chi connectivity index (χ1n) is 11.7. The minimum absolute atomic E-state index is 0.0886. The van der Waals surface area contributed by atoms with E-state index >= 15 is 0 Å². The van der Waals surface area contributed by atoms with Crippen LogP contribution in [0.4, 0.5) is 0 Å². The molecule has 1 saturated heterocycles. The first kappa shape index (κ1) is 25.3. The van der Waals surface area contributed by atoms with Gasteiger partial charge in [0, 0.05) is 12.1 Å². The van der Waals surface area contributed by atoms with Crippen molar-refractivity contribution in [3.63, 3.8) is 0 Å². The summed E-state index contributed by atoms with van der Waals surface area (Å²) in [5.74, 6) is -0.198. The molecule has 0 aromatic heterocycles. The maximum atomic E-state index is 13.2. The topological polar surface area (TPSA) is 79.3 Å². The predicted molar refractivity (Wildman–Crippen MR) is 132 cm³/mol. The zero-order chi connectivity index (χ0) is 24.7. The van der Waals surface area contributed by atoms with Crippen LogP contribution in [0.1, 0.15) is 43.4 Å². The molecule has 0 bridgehead atoms. The van der Waals surface area contributed by atoms with Crippen LogP contribution in [-0.2, 0) is 9.59 Å². The summed E-state index contributed by atoms with van der Waals surface area (Å²) in [6.07, 6.45) is 2.64. The van der Waals surface area contributed by atoms with Gasteiger partial charge in [0.25, 0.3) is 11.7 Å². The molecular weight excluding hydrogens is 432 g/mol. The number of unbranched alkanes of at least 4 members (excludes halogenated alkanes) is 1. The molecule has 2 aromatic rings. The maximum Gasteiger partial charge on any atom is 0.295 e. The summed E-state index contributed by atoms with van der Waals surface area (Å²) >= 11 is 0. The number of likely N-dealkylation sites (tertiary alicyclic amines) is 1. The Balaban J connectivity index is 2.02. The molecule has 7 heteroatoms. The summed E-state index contributed by atoms with van der Waals surface area (Å²) in [7, 11) is 5.51. The van der Waals surface area contributed by atoms with Gasteiger partial charge >= 0.3 is 0 Å². The Morgan fingerprint density at radius 2 is 1.79 bits per heavy atom. The molecule has 182 valence electrons. The lowest BCUT2D eigenvalue weighted by atomic mass is 9.95. The van der Waals surface area contributed by atoms with E-state index in [0.717, 1.165) is 24.9 Å². The third-order valence-electron chi connectivity index (χ3n) is 5.85. The summed E-state index contributed by atoms with van der Waals surface area (Å²) in [6.45, 7) is 3.83. The van der Waals surface area contributed by atoms with Crippen molar-refractivity contribution in [2.45, 2.75) is 32.2 Å². The highest BCUT2D eigenvalue weighted by atomic mass is 16.5. The molecule has 0 saturated carbocycles. The predicted octanol–water partition coefficient (Wildman–Crippen LogP) is 4.25. The van der Waals surface area contributed by atoms with Crippen LogP contribution in [0.15, 0.2) is 54.1 Å². The van der Waals surface area contributed by atoms with Crippen LogP contribution in [0.2, 0.25) is 0 Å². The Morgan fingerprint density at radius 3 is 2.44 bits per heavy atom. The molecule has 1 atom stereocenters. The number of aliphatic hydroxyl groups is 1. The monoisotopic (exact) mass is 466 g/mol. The lowest BCUT2D eigenvalue weighted by molar-refractivity contribution is -0.139. The van der Waals surface area contributed by atoms with Crippen LogP contribution < -0.4 is 9.47 Å². The Bertz CT molecular complexity index is 1030. The lowest BCUT2D eigenvalue weighted by Gasteiger charge is -2.26. The van der Waals surface area contributed by atoms with E-state index in [2.05, 4.69) is 6.92 Å². The molecule has 1 fully saturated rings. The zero-order valence-electron chi connectivity index (χ0n) is 20.4. The number of nitrogens with zero attached hydrogens (tertiary/aromatic N) is 2. The van der Waals surface area contributed by atoms with Gasteiger partial charge in [0.05, 0.1) is 25.3 Å². The molecule has 1 aliphatic rings. The third kappa shape index (κ3) is 5.78. The average Bonchev–Trinajstić information content (AvgIpc) is 3.09. The van der Waals surface area contributed by atoms with Crippen molar-refractivity contribution in [3.8, 4) is 11.5 Å². The highest BCUT2D eigenvalue weighted by Gasteiger charge is 2.45. The molecule has 0 aliphatic carbocycles. The fraction of sp³-hybridized carbons (Fsp3) is 0.407. The second-order valence-electron chi connectivity index (χ2n) is 8.65. The van der Waals surface area contributed by atoms with E-state index in [1.165, 1.54) is 0 Å². The number of ether oxygens (including phenoxy) is 2. The van der Waals surface area contributed by atoms with Crippen molar-refractivity contribution in [2.24, 2.45) is 0 Å². The van der Waals surface area contributed by atoms with Gasteiger partial charge in [0.15, 0.2) is 0 Å². The van der Waals surface area contributed by atoms with Crippen LogP contribution in [0.5, 0.6) is 11.5 Å². The van der Waals surface area contributed by atoms with Gasteiger partial charge in [-0.15, -0.1) is 0 Å². The van der Waals surface area contributed by atoms with Crippen molar-refractivity contribution in [1.29, 1.82) is 0 Å². The van der Waals surface area contributed by atoms with Crippen LogP contribution in [0, 0.1) is 0 Å². The van der Waals surface area contributed by atoms with Gasteiger partial charge in [-0.2, -0.15) is 0 Å². The molecular formula is C27H34N2O5. The molecule has 3 rings (SSSR count). The Labute approximate surface area is 201 Å². The normalized spacial score (nSPS) is 17.4. The highest BCUT2D eigenvalue weighted by molar-refractivity contribution is 6.46. The van der Waals surface area contributed by atoms with E-state index in [9.17, 15) is 14.7 Å². The van der Waals surface area contributed by atoms with Gasteiger partial charge in [0.1, 0.15) is 17.3 Å². The molecule has 0 radical (unpaired) electrons. The fourth-order valence-corrected chi connectivity index (χ4v) is 4.02. The van der Waals surface area contributed by atoms with Crippen molar-refractivity contribution in [1.82, 2.24) is 9.80 Å². The lowest BCUT2D eigenvalue weighted by Crippen LogP contribution is -2.32. The highest BCUT2D eigenvalue weighted by Crippen LogP contribution is 2.40. The van der Waals surface area contributed by atoms with Crippen molar-refractivity contribution in [2.75, 3.05) is 40.9 Å². The summed E-state index contributed by atoms with van der Waals surface area (Å²) in [6, 6.07) is 13.5. The Kier molecular flexibility index (Phi) is 8.71. The minimum atomic E-state index is -0.683. The number of rotatable bonds is 11. The average molecular weight is 467 g/mol. The SMILES string of the molecule is CCCCOc1cccc(C(O)=C2C(=O)C(=O)N(CCCN(C)C)C2c2ccc(OC)cc2)c1. The van der Waals surface area contributed by atoms with E-state index in [4.69, 9.17) is 9.47 Å². The molecule has 7 nitrogen and oxygen atoms in total. The quantitative estimate of drug-likeness (QED) is 0.231. The first-order valence-corrected chi connectivity index (χ1v) is 11.7. The van der Waals surface area contributed by atoms with Gasteiger partial charge in [-0.05, 0) is 63.3 Å². The number of carbonyl (C=O) groups is 2. The number of hydrogen-bond donors (Lipinski definition) is 1. The van der Waals surface area contributed by atoms with Crippen LogP contribution >= 0.6 is 0 Å². The summed E-state index contributed by atoms with van der Waals surface area (Å²) in [5, 5.41) is 11.3. The van der Waals surface area contributed by atoms with Gasteiger partial charge in [-0.25, -0.2) is 0 Å². The maximum absolute atomic E-state index is 13.2. The minimum Gasteiger partial charge on any atom is -0.507 e. The van der Waals surface area contributed by atoms with Gasteiger partial charge < -0.3 is 24.4 Å². The molecule has 34 heavy (non-hydrogen) atoms. The van der Waals surface area contributed by atoms with Gasteiger partial charge in [-0.1, -0.05) is 37.6 Å². The van der Waals surface area contributed by atoms with E-state index in [1.54, 1.807) is 42.3 Å². The first-order chi connectivity index (χ1) is 16.4. The number of carbonyl (C=O) groups excluding carboxylic acids is 2. The second-order valence-corrected chi connectivity index (χ2v) is 8.65. The van der Waals surface area contributed by atoms with E-state index in [-0.39, 0.29) is 11.3 Å². The zero-order valence-corrected chi connectivity index (χ0v) is 20.4. The Morgan fingerprint density at radius 1 is 1.06 bits per heavy atom. The number of benzene rings is 2. The van der Waals surface area contributed by atoms with Gasteiger partial charge in [-0.3, -0.25) is 9.59 Å². The van der Waals surface area contributed by atoms with Crippen LogP contribution in [0.25, 0.3) is 5.76 Å². The molecule has 1 heterocycles. The number of Topliss-reactive ketones (excluding diaryl/α,β-unsaturated/α-hetero) is 1. The number of aliphatic hydroxyl groups excluding tert-OH is 1. The summed E-state index contributed by atoms with van der Waals surface area (Å²) < 4.78 is 11.0. The largest absolute Gasteiger partial charge is 0.507 e. The number of hydrogen-bond acceptors (Lipinski definition) is 6. The molecule has 1 N–H and O–H groups in total. The Hall–Kier alpha value is -3.32. The smallest absolute Gasteiger partial charge is 0.295 e. The number of ketones is 1. The molecule has 2 aromatic carbocycles. The standard InChI is InChI=1S/C27H34N2O5/c1-5-6-17-34-22-10-7-9-20(18-22)25(30)23-24(19-11-13-21(33-4)14-12-19)29(27(32)26(23)31)16-8-15-28(2)3/h7,9-14,18,24,30H,5-6,8,15-17H2,1-4H3. The molecule has 1 aliphatic heterocycles. The second kappa shape index (κ2) is 11.7. The molecule has 1 unspecified atom stereocenters. The fourth-order valence-electron chi connectivity index (χ4n) is 4.02. The van der Waals surface area contributed by atoms with E-state index < -0.39 is 17.7 Å². The van der Waals surface area contributed by atoms with E-state index in [1.807, 2.05) is 37.2 Å². The van der Waals surface area contributed by atoms with Crippen LogP contribution in [0.3, 0.4) is 0 Å². The van der Waals surface area contributed by atoms with Gasteiger partial charge in [0.2, 0.25) is 0 Å². The van der Waals surface area contributed by atoms with E-state index in [0.29, 0.717) is 36.6 Å². The van der Waals surface area contributed by atoms with Crippen molar-refractivity contribution in [3.05, 3.63) is 65.2 Å². The molecule has 0 spiro atoms. The number of amides is 1. The van der Waals surface area contributed by atoms with Crippen molar-refractivity contribution >= 4 is 17.4 Å². The van der Waals surface area contributed by atoms with Crippen LogP contribution in [-0.4, -0.2) is 67.5 Å².